The van der Waals surface area contributed by atoms with Gasteiger partial charge < -0.3 is 15.7 Å². The average molecular weight is 230 g/mol. The molecule has 1 amide bonds. The summed E-state index contributed by atoms with van der Waals surface area (Å²) in [6, 6.07) is 0.0248. The van der Waals surface area contributed by atoms with Crippen molar-refractivity contribution in [3.63, 3.8) is 0 Å². The molecule has 1 unspecified atom stereocenters. The van der Waals surface area contributed by atoms with Crippen molar-refractivity contribution in [2.75, 3.05) is 13.1 Å². The van der Waals surface area contributed by atoms with Crippen LogP contribution in [0, 0.1) is 5.92 Å². The van der Waals surface area contributed by atoms with Crippen LogP contribution in [0.3, 0.4) is 0 Å². The average Bonchev–Trinajstić information content (AvgIpc) is 2.16. The van der Waals surface area contributed by atoms with Gasteiger partial charge in [0.05, 0.1) is 6.42 Å². The van der Waals surface area contributed by atoms with E-state index < -0.39 is 5.97 Å². The zero-order chi connectivity index (χ0) is 12.7. The number of carbonyl (C=O) groups excluding carboxylic acids is 1. The minimum absolute atomic E-state index is 0.0130. The molecule has 0 saturated carbocycles. The lowest BCUT2D eigenvalue weighted by Crippen LogP contribution is -2.39. The Balaban J connectivity index is 4.29. The number of nitrogens with two attached hydrogens (primary N) is 1. The van der Waals surface area contributed by atoms with Crippen molar-refractivity contribution in [3.8, 4) is 0 Å². The fourth-order valence-corrected chi connectivity index (χ4v) is 1.39. The predicted molar refractivity (Wildman–Crippen MR) is 61.9 cm³/mol. The monoisotopic (exact) mass is 230 g/mol. The van der Waals surface area contributed by atoms with Gasteiger partial charge in [0.25, 0.3) is 0 Å². The molecule has 0 spiro atoms. The zero-order valence-corrected chi connectivity index (χ0v) is 10.3. The topological polar surface area (TPSA) is 83.6 Å². The highest BCUT2D eigenvalue weighted by molar-refractivity contribution is 5.77. The Morgan fingerprint density at radius 3 is 2.25 bits per heavy atom. The molecule has 5 heteroatoms. The summed E-state index contributed by atoms with van der Waals surface area (Å²) in [5, 5.41) is 8.60. The van der Waals surface area contributed by atoms with Crippen molar-refractivity contribution in [2.45, 2.75) is 39.7 Å². The number of hydrogen-bond acceptors (Lipinski definition) is 3. The first kappa shape index (κ1) is 14.9. The van der Waals surface area contributed by atoms with Crippen LogP contribution < -0.4 is 5.73 Å². The molecule has 0 aromatic heterocycles. The summed E-state index contributed by atoms with van der Waals surface area (Å²) in [4.78, 5) is 23.9. The van der Waals surface area contributed by atoms with Gasteiger partial charge in [0, 0.05) is 19.0 Å². The standard InChI is InChI=1S/C11H22N2O3/c1-8(2)13(5-4-11(15)16)10(14)6-9(3)7-12/h8-9H,4-7,12H2,1-3H3,(H,15,16). The van der Waals surface area contributed by atoms with Gasteiger partial charge in [-0.05, 0) is 26.3 Å². The van der Waals surface area contributed by atoms with Gasteiger partial charge in [-0.3, -0.25) is 9.59 Å². The highest BCUT2D eigenvalue weighted by Crippen LogP contribution is 2.08. The molecule has 3 N–H and O–H groups in total. The number of carboxylic acids is 1. The number of amides is 1. The normalized spacial score (nSPS) is 12.6. The summed E-state index contributed by atoms with van der Waals surface area (Å²) >= 11 is 0. The third-order valence-electron chi connectivity index (χ3n) is 2.44. The zero-order valence-electron chi connectivity index (χ0n) is 10.3. The van der Waals surface area contributed by atoms with Crippen molar-refractivity contribution >= 4 is 11.9 Å². The first-order valence-corrected chi connectivity index (χ1v) is 5.59. The van der Waals surface area contributed by atoms with E-state index in [1.165, 1.54) is 0 Å². The van der Waals surface area contributed by atoms with Gasteiger partial charge >= 0.3 is 5.97 Å². The van der Waals surface area contributed by atoms with E-state index in [1.54, 1.807) is 4.90 Å². The SMILES string of the molecule is CC(CN)CC(=O)N(CCC(=O)O)C(C)C. The Hall–Kier alpha value is -1.10. The van der Waals surface area contributed by atoms with Crippen LogP contribution in [0.1, 0.15) is 33.6 Å². The van der Waals surface area contributed by atoms with E-state index in [0.717, 1.165) is 0 Å². The molecule has 0 bridgehead atoms. The highest BCUT2D eigenvalue weighted by Gasteiger charge is 2.19. The molecule has 94 valence electrons. The maximum Gasteiger partial charge on any atom is 0.305 e. The van der Waals surface area contributed by atoms with E-state index in [-0.39, 0.29) is 30.8 Å². The van der Waals surface area contributed by atoms with Crippen LogP contribution in [-0.2, 0) is 9.59 Å². The summed E-state index contributed by atoms with van der Waals surface area (Å²) in [6.45, 7) is 6.41. The Morgan fingerprint density at radius 1 is 1.31 bits per heavy atom. The second-order valence-corrected chi connectivity index (χ2v) is 4.37. The smallest absolute Gasteiger partial charge is 0.305 e. The second-order valence-electron chi connectivity index (χ2n) is 4.37. The number of rotatable bonds is 7. The van der Waals surface area contributed by atoms with Crippen LogP contribution in [0.4, 0.5) is 0 Å². The summed E-state index contributed by atoms with van der Waals surface area (Å²) in [6.07, 6.45) is 0.370. The number of nitrogens with zero attached hydrogens (tertiary/aromatic N) is 1. The maximum absolute atomic E-state index is 11.8. The van der Waals surface area contributed by atoms with Crippen LogP contribution in [0.15, 0.2) is 0 Å². The fourth-order valence-electron chi connectivity index (χ4n) is 1.39. The third kappa shape index (κ3) is 5.70. The predicted octanol–water partition coefficient (Wildman–Crippen LogP) is 0.683. The van der Waals surface area contributed by atoms with Gasteiger partial charge in [-0.15, -0.1) is 0 Å². The molecule has 5 nitrogen and oxygen atoms in total. The number of aliphatic carboxylic acids is 1. The summed E-state index contributed by atoms with van der Waals surface area (Å²) in [5.41, 5.74) is 5.45. The quantitative estimate of drug-likeness (QED) is 0.673. The lowest BCUT2D eigenvalue weighted by Gasteiger charge is -2.27. The van der Waals surface area contributed by atoms with E-state index in [0.29, 0.717) is 13.0 Å². The fraction of sp³-hybridized carbons (Fsp3) is 0.818. The van der Waals surface area contributed by atoms with E-state index in [4.69, 9.17) is 10.8 Å². The lowest BCUT2D eigenvalue weighted by molar-refractivity contribution is -0.139. The molecule has 0 aromatic carbocycles. The van der Waals surface area contributed by atoms with Crippen LogP contribution in [0.2, 0.25) is 0 Å². The maximum atomic E-state index is 11.8. The largest absolute Gasteiger partial charge is 0.481 e. The Morgan fingerprint density at radius 2 is 1.88 bits per heavy atom. The van der Waals surface area contributed by atoms with E-state index >= 15 is 0 Å². The van der Waals surface area contributed by atoms with Crippen molar-refractivity contribution in [2.24, 2.45) is 11.7 Å². The van der Waals surface area contributed by atoms with Crippen molar-refractivity contribution in [1.82, 2.24) is 4.90 Å². The van der Waals surface area contributed by atoms with Crippen LogP contribution in [0.25, 0.3) is 0 Å². The highest BCUT2D eigenvalue weighted by atomic mass is 16.4. The third-order valence-corrected chi connectivity index (χ3v) is 2.44. The molecule has 0 fully saturated rings. The molecule has 0 radical (unpaired) electrons. The second kappa shape index (κ2) is 7.22. The summed E-state index contributed by atoms with van der Waals surface area (Å²) in [7, 11) is 0. The van der Waals surface area contributed by atoms with Gasteiger partial charge in [0.15, 0.2) is 0 Å². The first-order valence-electron chi connectivity index (χ1n) is 5.59. The molecular weight excluding hydrogens is 208 g/mol. The van der Waals surface area contributed by atoms with Crippen molar-refractivity contribution in [3.05, 3.63) is 0 Å². The van der Waals surface area contributed by atoms with Gasteiger partial charge in [0.2, 0.25) is 5.91 Å². The molecule has 0 aromatic rings. The van der Waals surface area contributed by atoms with Gasteiger partial charge in [-0.25, -0.2) is 0 Å². The minimum Gasteiger partial charge on any atom is -0.481 e. The molecule has 0 heterocycles. The van der Waals surface area contributed by atoms with Crippen molar-refractivity contribution < 1.29 is 14.7 Å². The lowest BCUT2D eigenvalue weighted by atomic mass is 10.1. The van der Waals surface area contributed by atoms with E-state index in [9.17, 15) is 9.59 Å². The Labute approximate surface area is 96.6 Å². The summed E-state index contributed by atoms with van der Waals surface area (Å²) in [5.74, 6) is -0.766. The molecule has 16 heavy (non-hydrogen) atoms. The van der Waals surface area contributed by atoms with Gasteiger partial charge in [-0.2, -0.15) is 0 Å². The van der Waals surface area contributed by atoms with Crippen molar-refractivity contribution in [1.29, 1.82) is 0 Å². The Bertz CT molecular complexity index is 241. The minimum atomic E-state index is -0.884. The van der Waals surface area contributed by atoms with E-state index in [1.807, 2.05) is 20.8 Å². The summed E-state index contributed by atoms with van der Waals surface area (Å²) < 4.78 is 0. The van der Waals surface area contributed by atoms with Gasteiger partial charge in [-0.1, -0.05) is 6.92 Å². The first-order chi connectivity index (χ1) is 7.38. The van der Waals surface area contributed by atoms with Gasteiger partial charge in [0.1, 0.15) is 0 Å². The molecule has 0 aliphatic heterocycles. The molecule has 0 aliphatic carbocycles. The van der Waals surface area contributed by atoms with E-state index in [2.05, 4.69) is 0 Å². The van der Waals surface area contributed by atoms with Crippen LogP contribution in [0.5, 0.6) is 0 Å². The molecule has 0 rings (SSSR count). The Kier molecular flexibility index (Phi) is 6.72. The molecule has 0 aliphatic rings. The number of hydrogen-bond donors (Lipinski definition) is 2. The van der Waals surface area contributed by atoms with Crippen LogP contribution in [-0.4, -0.2) is 41.0 Å². The molecular formula is C11H22N2O3. The molecule has 1 atom stereocenters. The molecule has 0 saturated heterocycles. The number of carboxylic acid groups (broad SMARTS) is 1. The van der Waals surface area contributed by atoms with Crippen LogP contribution >= 0.6 is 0 Å². The number of carbonyl (C=O) groups is 2.